The summed E-state index contributed by atoms with van der Waals surface area (Å²) in [6.07, 6.45) is 6.28. The molecule has 8 nitrogen and oxygen atoms in total. The van der Waals surface area contributed by atoms with Crippen LogP contribution >= 0.6 is 11.3 Å². The van der Waals surface area contributed by atoms with Crippen LogP contribution in [0.1, 0.15) is 30.6 Å². The fraction of sp³-hybridized carbons (Fsp3) is 0.286. The van der Waals surface area contributed by atoms with Gasteiger partial charge in [0.05, 0.1) is 4.90 Å². The highest BCUT2D eigenvalue weighted by Gasteiger charge is 2.18. The van der Waals surface area contributed by atoms with Crippen molar-refractivity contribution in [2.75, 3.05) is 18.5 Å². The number of amides is 1. The van der Waals surface area contributed by atoms with Gasteiger partial charge in [-0.15, -0.1) is 11.3 Å². The van der Waals surface area contributed by atoms with Gasteiger partial charge in [-0.3, -0.25) is 14.5 Å². The summed E-state index contributed by atoms with van der Waals surface area (Å²) in [7, 11) is -3.81. The molecule has 0 fully saturated rings. The lowest BCUT2D eigenvalue weighted by Gasteiger charge is -2.11. The van der Waals surface area contributed by atoms with Gasteiger partial charge in [0.2, 0.25) is 0 Å². The number of benzene rings is 1. The van der Waals surface area contributed by atoms with Gasteiger partial charge in [0.25, 0.3) is 15.9 Å². The number of aliphatic imine (C=N–C) groups is 1. The highest BCUT2D eigenvalue weighted by molar-refractivity contribution is 7.90. The van der Waals surface area contributed by atoms with Gasteiger partial charge in [0.1, 0.15) is 5.84 Å². The molecule has 164 valence electrons. The number of sulfonamides is 1. The molecule has 0 bridgehead atoms. The minimum Gasteiger partial charge on any atom is -0.452 e. The first kappa shape index (κ1) is 22.7. The lowest BCUT2D eigenvalue weighted by atomic mass is 10.2. The zero-order valence-electron chi connectivity index (χ0n) is 16.7. The predicted molar refractivity (Wildman–Crippen MR) is 120 cm³/mol. The SMILES string of the molecule is O=C(COC(=O)/C=C/c1cccs1)Nc1cccc(S(=O)(=O)NC2=NCCCCC2)c1. The van der Waals surface area contributed by atoms with E-state index in [9.17, 15) is 18.0 Å². The second kappa shape index (κ2) is 10.9. The van der Waals surface area contributed by atoms with Gasteiger partial charge in [0.15, 0.2) is 6.61 Å². The number of ether oxygens (including phenoxy) is 1. The Morgan fingerprint density at radius 3 is 2.84 bits per heavy atom. The molecule has 1 aliphatic rings. The van der Waals surface area contributed by atoms with Crippen molar-refractivity contribution in [3.8, 4) is 0 Å². The van der Waals surface area contributed by atoms with Crippen LogP contribution in [0.4, 0.5) is 5.69 Å². The monoisotopic (exact) mass is 461 g/mol. The lowest BCUT2D eigenvalue weighted by molar-refractivity contribution is -0.142. The zero-order valence-corrected chi connectivity index (χ0v) is 18.4. The Bertz CT molecular complexity index is 1080. The van der Waals surface area contributed by atoms with Crippen molar-refractivity contribution in [3.63, 3.8) is 0 Å². The second-order valence-electron chi connectivity index (χ2n) is 6.78. The molecule has 0 atom stereocenters. The number of carbonyl (C=O) groups is 2. The maximum atomic E-state index is 12.7. The summed E-state index contributed by atoms with van der Waals surface area (Å²) in [5.74, 6) is -0.767. The third-order valence-corrected chi connectivity index (χ3v) is 6.54. The molecule has 2 N–H and O–H groups in total. The van der Waals surface area contributed by atoms with Crippen LogP contribution < -0.4 is 10.0 Å². The average molecular weight is 462 g/mol. The molecule has 31 heavy (non-hydrogen) atoms. The molecule has 2 heterocycles. The minimum absolute atomic E-state index is 0.00752. The molecule has 0 aliphatic carbocycles. The second-order valence-corrected chi connectivity index (χ2v) is 9.44. The van der Waals surface area contributed by atoms with Crippen LogP contribution in [0.15, 0.2) is 57.7 Å². The van der Waals surface area contributed by atoms with Crippen LogP contribution in [-0.4, -0.2) is 39.3 Å². The Morgan fingerprint density at radius 2 is 2.03 bits per heavy atom. The van der Waals surface area contributed by atoms with E-state index in [4.69, 9.17) is 4.74 Å². The van der Waals surface area contributed by atoms with Gasteiger partial charge in [-0.05, 0) is 48.6 Å². The summed E-state index contributed by atoms with van der Waals surface area (Å²) in [6.45, 7) is 0.120. The van der Waals surface area contributed by atoms with Crippen molar-refractivity contribution in [1.29, 1.82) is 0 Å². The number of amidine groups is 1. The van der Waals surface area contributed by atoms with E-state index in [2.05, 4.69) is 15.0 Å². The fourth-order valence-corrected chi connectivity index (χ4v) is 4.58. The molecule has 1 aliphatic heterocycles. The third-order valence-electron chi connectivity index (χ3n) is 4.33. The Labute approximate surface area is 185 Å². The van der Waals surface area contributed by atoms with Gasteiger partial charge in [-0.2, -0.15) is 0 Å². The Balaban J connectivity index is 1.55. The predicted octanol–water partition coefficient (Wildman–Crippen LogP) is 3.19. The van der Waals surface area contributed by atoms with E-state index in [1.807, 2.05) is 17.5 Å². The first-order chi connectivity index (χ1) is 14.9. The molecular weight excluding hydrogens is 438 g/mol. The summed E-state index contributed by atoms with van der Waals surface area (Å²) in [6, 6.07) is 9.56. The molecule has 0 unspecified atom stereocenters. The Morgan fingerprint density at radius 1 is 1.16 bits per heavy atom. The van der Waals surface area contributed by atoms with Gasteiger partial charge in [-0.1, -0.05) is 18.6 Å². The maximum Gasteiger partial charge on any atom is 0.331 e. The van der Waals surface area contributed by atoms with E-state index in [0.717, 1.165) is 24.1 Å². The van der Waals surface area contributed by atoms with E-state index in [1.54, 1.807) is 12.1 Å². The number of rotatable bonds is 7. The zero-order chi connectivity index (χ0) is 22.1. The number of carbonyl (C=O) groups excluding carboxylic acids is 2. The molecule has 3 rings (SSSR count). The molecule has 0 spiro atoms. The van der Waals surface area contributed by atoms with Crippen molar-refractivity contribution in [1.82, 2.24) is 4.72 Å². The number of hydrogen-bond acceptors (Lipinski definition) is 7. The topological polar surface area (TPSA) is 114 Å². The Hall–Kier alpha value is -2.98. The highest BCUT2D eigenvalue weighted by Crippen LogP contribution is 2.17. The van der Waals surface area contributed by atoms with Crippen LogP contribution in [0.25, 0.3) is 6.08 Å². The van der Waals surface area contributed by atoms with E-state index in [1.165, 1.54) is 35.6 Å². The molecule has 0 saturated carbocycles. The highest BCUT2D eigenvalue weighted by atomic mass is 32.2. The van der Waals surface area contributed by atoms with Crippen molar-refractivity contribution in [3.05, 3.63) is 52.7 Å². The van der Waals surface area contributed by atoms with Crippen molar-refractivity contribution >= 4 is 50.8 Å². The lowest BCUT2D eigenvalue weighted by Crippen LogP contribution is -2.30. The van der Waals surface area contributed by atoms with Gasteiger partial charge in [0, 0.05) is 29.6 Å². The van der Waals surface area contributed by atoms with Crippen molar-refractivity contribution < 1.29 is 22.7 Å². The van der Waals surface area contributed by atoms with Crippen molar-refractivity contribution in [2.45, 2.75) is 30.6 Å². The smallest absolute Gasteiger partial charge is 0.331 e. The van der Waals surface area contributed by atoms with E-state index in [-0.39, 0.29) is 10.6 Å². The van der Waals surface area contributed by atoms with Gasteiger partial charge in [-0.25, -0.2) is 13.2 Å². The number of hydrogen-bond donors (Lipinski definition) is 2. The molecular formula is C21H23N3O5S2. The number of esters is 1. The number of nitrogens with zero attached hydrogens (tertiary/aromatic N) is 1. The average Bonchev–Trinajstić information content (AvgIpc) is 3.14. The minimum atomic E-state index is -3.81. The number of nitrogens with one attached hydrogen (secondary N) is 2. The normalized spacial score (nSPS) is 14.5. The van der Waals surface area contributed by atoms with Gasteiger partial charge < -0.3 is 10.1 Å². The largest absolute Gasteiger partial charge is 0.452 e. The van der Waals surface area contributed by atoms with E-state index in [0.29, 0.717) is 18.8 Å². The first-order valence-electron chi connectivity index (χ1n) is 9.77. The molecule has 0 saturated heterocycles. The van der Waals surface area contributed by atoms with Crippen LogP contribution in [0, 0.1) is 0 Å². The summed E-state index contributed by atoms with van der Waals surface area (Å²) in [5, 5.41) is 4.41. The van der Waals surface area contributed by atoms with Crippen LogP contribution in [-0.2, 0) is 24.3 Å². The summed E-state index contributed by atoms with van der Waals surface area (Å²) in [4.78, 5) is 29.0. The molecule has 1 aromatic carbocycles. The van der Waals surface area contributed by atoms with Crippen molar-refractivity contribution in [2.24, 2.45) is 4.99 Å². The summed E-state index contributed by atoms with van der Waals surface area (Å²) >= 11 is 1.47. The van der Waals surface area contributed by atoms with Gasteiger partial charge >= 0.3 is 5.97 Å². The van der Waals surface area contributed by atoms with E-state index < -0.39 is 28.5 Å². The molecule has 10 heteroatoms. The summed E-state index contributed by atoms with van der Waals surface area (Å²) < 4.78 is 32.7. The number of anilines is 1. The molecule has 1 amide bonds. The van der Waals surface area contributed by atoms with Crippen LogP contribution in [0.3, 0.4) is 0 Å². The Kier molecular flexibility index (Phi) is 7.96. The quantitative estimate of drug-likeness (QED) is 0.486. The maximum absolute atomic E-state index is 12.7. The molecule has 0 radical (unpaired) electrons. The standard InChI is InChI=1S/C21H23N3O5S2/c25-20(15-29-21(26)11-10-17-7-5-13-30-17)23-16-6-4-8-18(14-16)31(27,28)24-19-9-2-1-3-12-22-19/h4-8,10-11,13-14H,1-3,9,12,15H2,(H,22,24)(H,23,25)/b11-10+. The molecule has 1 aromatic heterocycles. The van der Waals surface area contributed by atoms with Crippen LogP contribution in [0.5, 0.6) is 0 Å². The third kappa shape index (κ3) is 7.34. The fourth-order valence-electron chi connectivity index (χ4n) is 2.83. The van der Waals surface area contributed by atoms with Crippen LogP contribution in [0.2, 0.25) is 0 Å². The number of thiophene rings is 1. The first-order valence-corrected chi connectivity index (χ1v) is 12.1. The molecule has 2 aromatic rings. The summed E-state index contributed by atoms with van der Waals surface area (Å²) in [5.41, 5.74) is 0.279. The van der Waals surface area contributed by atoms with E-state index >= 15 is 0 Å².